The predicted molar refractivity (Wildman–Crippen MR) is 84.6 cm³/mol. The summed E-state index contributed by atoms with van der Waals surface area (Å²) in [5.41, 5.74) is 2.25. The van der Waals surface area contributed by atoms with Crippen LogP contribution in [0.5, 0.6) is 0 Å². The molecule has 0 amide bonds. The first-order chi connectivity index (χ1) is 10.2. The lowest BCUT2D eigenvalue weighted by atomic mass is 10.2. The third-order valence-electron chi connectivity index (χ3n) is 3.32. The molecule has 2 aromatic heterocycles. The van der Waals surface area contributed by atoms with Gasteiger partial charge in [-0.05, 0) is 37.6 Å². The van der Waals surface area contributed by atoms with Gasteiger partial charge in [0.2, 0.25) is 0 Å². The second kappa shape index (κ2) is 7.31. The summed E-state index contributed by atoms with van der Waals surface area (Å²) >= 11 is 0. The Morgan fingerprint density at radius 2 is 1.90 bits per heavy atom. The fourth-order valence-electron chi connectivity index (χ4n) is 2.29. The molecule has 5 nitrogen and oxygen atoms in total. The average molecular weight is 287 g/mol. The van der Waals surface area contributed by atoms with Gasteiger partial charge in [0.05, 0.1) is 0 Å². The number of aromatic nitrogens is 4. The van der Waals surface area contributed by atoms with Crippen molar-refractivity contribution in [3.05, 3.63) is 35.0 Å². The molecule has 0 saturated carbocycles. The van der Waals surface area contributed by atoms with Crippen molar-refractivity contribution in [3.8, 4) is 5.82 Å². The number of hydrogen-bond acceptors (Lipinski definition) is 4. The molecule has 2 aromatic rings. The van der Waals surface area contributed by atoms with Crippen LogP contribution in [-0.2, 0) is 19.4 Å². The Kier molecular flexibility index (Phi) is 5.44. The summed E-state index contributed by atoms with van der Waals surface area (Å²) in [6.07, 6.45) is 2.84. The van der Waals surface area contributed by atoms with Gasteiger partial charge in [-0.3, -0.25) is 0 Å². The Hall–Kier alpha value is -1.75. The molecule has 0 spiro atoms. The van der Waals surface area contributed by atoms with Crippen LogP contribution in [0.4, 0.5) is 0 Å². The minimum atomic E-state index is 0.844. The van der Waals surface area contributed by atoms with Crippen LogP contribution in [0.3, 0.4) is 0 Å². The van der Waals surface area contributed by atoms with Crippen LogP contribution in [0.2, 0.25) is 0 Å². The van der Waals surface area contributed by atoms with E-state index in [-0.39, 0.29) is 0 Å². The van der Waals surface area contributed by atoms with E-state index in [9.17, 15) is 0 Å². The maximum atomic E-state index is 4.62. The van der Waals surface area contributed by atoms with Crippen molar-refractivity contribution in [1.82, 2.24) is 25.1 Å². The van der Waals surface area contributed by atoms with Crippen LogP contribution in [-0.4, -0.2) is 26.3 Å². The molecule has 0 atom stereocenters. The number of nitrogens with one attached hydrogen (secondary N) is 1. The molecule has 0 fully saturated rings. The SMILES string of the molecule is CCCNCc1cc(C)nc(-n2nc(CC)nc2CC)c1. The standard InChI is InChI=1S/C16H25N5/c1-5-8-17-11-13-9-12(4)18-16(10-13)21-15(7-3)19-14(6-2)20-21/h9-10,17H,5-8,11H2,1-4H3. The maximum Gasteiger partial charge on any atom is 0.156 e. The third-order valence-corrected chi connectivity index (χ3v) is 3.32. The van der Waals surface area contributed by atoms with Crippen molar-refractivity contribution in [2.75, 3.05) is 6.54 Å². The highest BCUT2D eigenvalue weighted by molar-refractivity contribution is 5.31. The number of rotatable bonds is 7. The van der Waals surface area contributed by atoms with Gasteiger partial charge < -0.3 is 5.32 Å². The van der Waals surface area contributed by atoms with E-state index in [4.69, 9.17) is 0 Å². The lowest BCUT2D eigenvalue weighted by Gasteiger charge is -2.09. The number of pyridine rings is 1. The van der Waals surface area contributed by atoms with Crippen LogP contribution >= 0.6 is 0 Å². The Balaban J connectivity index is 2.32. The van der Waals surface area contributed by atoms with Crippen molar-refractivity contribution >= 4 is 0 Å². The first kappa shape index (κ1) is 15.6. The summed E-state index contributed by atoms with van der Waals surface area (Å²) < 4.78 is 1.88. The topological polar surface area (TPSA) is 55.6 Å². The van der Waals surface area contributed by atoms with Gasteiger partial charge >= 0.3 is 0 Å². The fraction of sp³-hybridized carbons (Fsp3) is 0.562. The zero-order valence-corrected chi connectivity index (χ0v) is 13.5. The molecular formula is C16H25N5. The molecule has 0 aliphatic rings. The molecule has 0 aliphatic heterocycles. The Morgan fingerprint density at radius 1 is 1.10 bits per heavy atom. The monoisotopic (exact) mass is 287 g/mol. The van der Waals surface area contributed by atoms with Gasteiger partial charge in [-0.15, -0.1) is 5.10 Å². The first-order valence-electron chi connectivity index (χ1n) is 7.81. The molecule has 0 aromatic carbocycles. The van der Waals surface area contributed by atoms with E-state index >= 15 is 0 Å². The molecular weight excluding hydrogens is 262 g/mol. The van der Waals surface area contributed by atoms with Crippen LogP contribution in [0.1, 0.15) is 50.1 Å². The summed E-state index contributed by atoms with van der Waals surface area (Å²) in [5, 5.41) is 8.00. The highest BCUT2D eigenvalue weighted by Gasteiger charge is 2.11. The number of hydrogen-bond donors (Lipinski definition) is 1. The van der Waals surface area contributed by atoms with Crippen molar-refractivity contribution in [3.63, 3.8) is 0 Å². The smallest absolute Gasteiger partial charge is 0.156 e. The van der Waals surface area contributed by atoms with Crippen LogP contribution in [0, 0.1) is 6.92 Å². The minimum absolute atomic E-state index is 0.844. The molecule has 0 unspecified atom stereocenters. The maximum absolute atomic E-state index is 4.62. The van der Waals surface area contributed by atoms with Gasteiger partial charge in [-0.1, -0.05) is 20.8 Å². The number of aryl methyl sites for hydroxylation is 3. The van der Waals surface area contributed by atoms with Gasteiger partial charge in [0.1, 0.15) is 5.82 Å². The summed E-state index contributed by atoms with van der Waals surface area (Å²) in [5.74, 6) is 2.71. The van der Waals surface area contributed by atoms with Crippen LogP contribution < -0.4 is 5.32 Å². The Bertz CT molecular complexity index is 588. The molecule has 0 saturated heterocycles. The summed E-state index contributed by atoms with van der Waals surface area (Å²) in [4.78, 5) is 9.18. The largest absolute Gasteiger partial charge is 0.313 e. The Morgan fingerprint density at radius 3 is 2.57 bits per heavy atom. The molecule has 114 valence electrons. The lowest BCUT2D eigenvalue weighted by Crippen LogP contribution is -2.15. The lowest BCUT2D eigenvalue weighted by molar-refractivity contribution is 0.672. The summed E-state index contributed by atoms with van der Waals surface area (Å²) in [6.45, 7) is 10.3. The van der Waals surface area contributed by atoms with Crippen molar-refractivity contribution < 1.29 is 0 Å². The van der Waals surface area contributed by atoms with E-state index in [1.807, 2.05) is 11.6 Å². The quantitative estimate of drug-likeness (QED) is 0.795. The highest BCUT2D eigenvalue weighted by atomic mass is 15.4. The van der Waals surface area contributed by atoms with Crippen molar-refractivity contribution in [2.45, 2.75) is 53.5 Å². The molecule has 5 heteroatoms. The molecule has 21 heavy (non-hydrogen) atoms. The average Bonchev–Trinajstić information content (AvgIpc) is 2.90. The van der Waals surface area contributed by atoms with Crippen molar-refractivity contribution in [2.24, 2.45) is 0 Å². The van der Waals surface area contributed by atoms with E-state index in [2.05, 4.69) is 53.3 Å². The molecule has 0 radical (unpaired) electrons. The molecule has 0 bridgehead atoms. The number of nitrogens with zero attached hydrogens (tertiary/aromatic N) is 4. The minimum Gasteiger partial charge on any atom is -0.313 e. The third kappa shape index (κ3) is 3.88. The van der Waals surface area contributed by atoms with Gasteiger partial charge in [0.25, 0.3) is 0 Å². The zero-order valence-electron chi connectivity index (χ0n) is 13.5. The highest BCUT2D eigenvalue weighted by Crippen LogP contribution is 2.13. The molecule has 2 heterocycles. The second-order valence-corrected chi connectivity index (χ2v) is 5.21. The van der Waals surface area contributed by atoms with E-state index in [1.54, 1.807) is 0 Å². The summed E-state index contributed by atoms with van der Waals surface area (Å²) in [6, 6.07) is 4.22. The zero-order chi connectivity index (χ0) is 15.2. The summed E-state index contributed by atoms with van der Waals surface area (Å²) in [7, 11) is 0. The predicted octanol–water partition coefficient (Wildman–Crippen LogP) is 2.60. The normalized spacial score (nSPS) is 11.0. The second-order valence-electron chi connectivity index (χ2n) is 5.21. The van der Waals surface area contributed by atoms with E-state index in [1.165, 1.54) is 5.56 Å². The van der Waals surface area contributed by atoms with Gasteiger partial charge in [0, 0.05) is 25.1 Å². The van der Waals surface area contributed by atoms with Gasteiger partial charge in [0.15, 0.2) is 11.6 Å². The Labute approximate surface area is 126 Å². The van der Waals surface area contributed by atoms with Gasteiger partial charge in [-0.25, -0.2) is 9.97 Å². The van der Waals surface area contributed by atoms with E-state index in [0.717, 1.165) is 55.5 Å². The van der Waals surface area contributed by atoms with E-state index in [0.29, 0.717) is 0 Å². The van der Waals surface area contributed by atoms with E-state index < -0.39 is 0 Å². The molecule has 2 rings (SSSR count). The van der Waals surface area contributed by atoms with Crippen LogP contribution in [0.25, 0.3) is 5.82 Å². The molecule has 1 N–H and O–H groups in total. The van der Waals surface area contributed by atoms with Gasteiger partial charge in [-0.2, -0.15) is 4.68 Å². The molecule has 0 aliphatic carbocycles. The fourth-order valence-corrected chi connectivity index (χ4v) is 2.29. The first-order valence-corrected chi connectivity index (χ1v) is 7.81. The van der Waals surface area contributed by atoms with Crippen LogP contribution in [0.15, 0.2) is 12.1 Å². The van der Waals surface area contributed by atoms with Crippen molar-refractivity contribution in [1.29, 1.82) is 0 Å².